The first-order chi connectivity index (χ1) is 9.52. The highest BCUT2D eigenvalue weighted by Crippen LogP contribution is 2.31. The van der Waals surface area contributed by atoms with Crippen molar-refractivity contribution in [1.82, 2.24) is 5.32 Å². The molecule has 0 spiro atoms. The van der Waals surface area contributed by atoms with Crippen molar-refractivity contribution in [2.45, 2.75) is 57.1 Å². The maximum Gasteiger partial charge on any atom is 0.0623 e. The highest BCUT2D eigenvalue weighted by Gasteiger charge is 2.25. The molecule has 1 fully saturated rings. The number of methoxy groups -OCH3 is 1. The summed E-state index contributed by atoms with van der Waals surface area (Å²) in [6.45, 7) is 5.39. The lowest BCUT2D eigenvalue weighted by molar-refractivity contribution is 0.0124. The predicted molar refractivity (Wildman–Crippen MR) is 88.2 cm³/mol. The van der Waals surface area contributed by atoms with Gasteiger partial charge in [0.25, 0.3) is 0 Å². The zero-order valence-corrected chi connectivity index (χ0v) is 14.4. The molecule has 0 aromatic heterocycles. The normalized spacial score (nSPS) is 17.2. The standard InChI is InChI=1S/C17H26BrNO/c1-17(2,20-3)11-10-13(12-19-14-8-9-14)15-6-4-5-7-16(15)18/h4-7,13-14,19H,8-12H2,1-3H3. The molecule has 112 valence electrons. The smallest absolute Gasteiger partial charge is 0.0623 e. The highest BCUT2D eigenvalue weighted by molar-refractivity contribution is 9.10. The van der Waals surface area contributed by atoms with E-state index in [9.17, 15) is 0 Å². The molecule has 1 aromatic rings. The number of ether oxygens (including phenoxy) is 1. The van der Waals surface area contributed by atoms with E-state index in [1.807, 2.05) is 0 Å². The van der Waals surface area contributed by atoms with E-state index in [2.05, 4.69) is 59.4 Å². The average Bonchev–Trinajstić information content (AvgIpc) is 3.24. The van der Waals surface area contributed by atoms with Crippen LogP contribution in [0.25, 0.3) is 0 Å². The molecule has 1 atom stereocenters. The van der Waals surface area contributed by atoms with Gasteiger partial charge in [0.2, 0.25) is 0 Å². The second-order valence-corrected chi connectivity index (χ2v) is 7.26. The second-order valence-electron chi connectivity index (χ2n) is 6.40. The minimum atomic E-state index is -0.0426. The van der Waals surface area contributed by atoms with Crippen molar-refractivity contribution < 1.29 is 4.74 Å². The molecule has 1 saturated carbocycles. The molecule has 0 radical (unpaired) electrons. The van der Waals surface area contributed by atoms with Crippen LogP contribution in [0.5, 0.6) is 0 Å². The fourth-order valence-electron chi connectivity index (χ4n) is 2.39. The Morgan fingerprint density at radius 2 is 2.05 bits per heavy atom. The molecule has 1 N–H and O–H groups in total. The average molecular weight is 340 g/mol. The van der Waals surface area contributed by atoms with Crippen LogP contribution >= 0.6 is 15.9 Å². The van der Waals surface area contributed by atoms with Gasteiger partial charge in [0.05, 0.1) is 5.60 Å². The third-order valence-corrected chi connectivity index (χ3v) is 4.94. The van der Waals surface area contributed by atoms with Crippen molar-refractivity contribution in [3.05, 3.63) is 34.3 Å². The van der Waals surface area contributed by atoms with E-state index in [-0.39, 0.29) is 5.60 Å². The Morgan fingerprint density at radius 1 is 1.35 bits per heavy atom. The van der Waals surface area contributed by atoms with Crippen LogP contribution in [0.1, 0.15) is 51.0 Å². The molecule has 2 nitrogen and oxygen atoms in total. The lowest BCUT2D eigenvalue weighted by Crippen LogP contribution is -2.27. The van der Waals surface area contributed by atoms with Gasteiger partial charge in [-0.25, -0.2) is 0 Å². The molecule has 3 heteroatoms. The van der Waals surface area contributed by atoms with Crippen LogP contribution in [0.4, 0.5) is 0 Å². The first kappa shape index (κ1) is 16.0. The number of halogens is 1. The quantitative estimate of drug-likeness (QED) is 0.753. The summed E-state index contributed by atoms with van der Waals surface area (Å²) in [7, 11) is 1.80. The number of hydrogen-bond donors (Lipinski definition) is 1. The van der Waals surface area contributed by atoms with Gasteiger partial charge in [0.1, 0.15) is 0 Å². The molecule has 1 aromatic carbocycles. The van der Waals surface area contributed by atoms with Gasteiger partial charge in [-0.1, -0.05) is 34.1 Å². The molecule has 0 saturated heterocycles. The number of benzene rings is 1. The first-order valence-corrected chi connectivity index (χ1v) is 8.34. The Bertz CT molecular complexity index is 429. The van der Waals surface area contributed by atoms with E-state index in [0.717, 1.165) is 25.4 Å². The van der Waals surface area contributed by atoms with Crippen molar-refractivity contribution in [3.8, 4) is 0 Å². The van der Waals surface area contributed by atoms with Gasteiger partial charge in [0.15, 0.2) is 0 Å². The molecule has 0 amide bonds. The fourth-order valence-corrected chi connectivity index (χ4v) is 3.00. The van der Waals surface area contributed by atoms with Crippen molar-refractivity contribution in [1.29, 1.82) is 0 Å². The topological polar surface area (TPSA) is 21.3 Å². The van der Waals surface area contributed by atoms with Crippen molar-refractivity contribution in [2.75, 3.05) is 13.7 Å². The molecular formula is C17H26BrNO. The summed E-state index contributed by atoms with van der Waals surface area (Å²) in [5.74, 6) is 0.542. The summed E-state index contributed by atoms with van der Waals surface area (Å²) >= 11 is 3.70. The molecule has 20 heavy (non-hydrogen) atoms. The van der Waals surface area contributed by atoms with Gasteiger partial charge in [-0.05, 0) is 57.1 Å². The maximum absolute atomic E-state index is 5.56. The van der Waals surface area contributed by atoms with Gasteiger partial charge in [-0.15, -0.1) is 0 Å². The summed E-state index contributed by atoms with van der Waals surface area (Å²) in [6, 6.07) is 9.35. The van der Waals surface area contributed by atoms with Gasteiger partial charge < -0.3 is 10.1 Å². The third-order valence-electron chi connectivity index (χ3n) is 4.22. The monoisotopic (exact) mass is 339 g/mol. The largest absolute Gasteiger partial charge is 0.379 e. The van der Waals surface area contributed by atoms with E-state index in [1.165, 1.54) is 22.9 Å². The molecule has 2 rings (SSSR count). The Kier molecular flexibility index (Phi) is 5.65. The van der Waals surface area contributed by atoms with Crippen LogP contribution in [-0.4, -0.2) is 25.3 Å². The highest BCUT2D eigenvalue weighted by atomic mass is 79.9. The number of nitrogens with one attached hydrogen (secondary N) is 1. The van der Waals surface area contributed by atoms with E-state index in [0.29, 0.717) is 5.92 Å². The minimum Gasteiger partial charge on any atom is -0.379 e. The Hall–Kier alpha value is -0.380. The zero-order valence-electron chi connectivity index (χ0n) is 12.8. The van der Waals surface area contributed by atoms with E-state index >= 15 is 0 Å². The Morgan fingerprint density at radius 3 is 2.65 bits per heavy atom. The zero-order chi connectivity index (χ0) is 14.6. The van der Waals surface area contributed by atoms with Crippen LogP contribution in [0.3, 0.4) is 0 Å². The lowest BCUT2D eigenvalue weighted by Gasteiger charge is -2.27. The maximum atomic E-state index is 5.56. The molecule has 0 bridgehead atoms. The van der Waals surface area contributed by atoms with Gasteiger partial charge >= 0.3 is 0 Å². The molecule has 1 unspecified atom stereocenters. The van der Waals surface area contributed by atoms with Gasteiger partial charge in [-0.2, -0.15) is 0 Å². The Labute approximate surface area is 131 Å². The van der Waals surface area contributed by atoms with Gasteiger partial charge in [-0.3, -0.25) is 0 Å². The molecule has 1 aliphatic carbocycles. The summed E-state index contributed by atoms with van der Waals surface area (Å²) < 4.78 is 6.78. The van der Waals surface area contributed by atoms with Gasteiger partial charge in [0, 0.05) is 24.2 Å². The van der Waals surface area contributed by atoms with E-state index in [1.54, 1.807) is 7.11 Å². The summed E-state index contributed by atoms with van der Waals surface area (Å²) in [6.07, 6.45) is 4.89. The van der Waals surface area contributed by atoms with Crippen LogP contribution < -0.4 is 5.32 Å². The summed E-state index contributed by atoms with van der Waals surface area (Å²) in [5, 5.41) is 3.68. The number of hydrogen-bond acceptors (Lipinski definition) is 2. The van der Waals surface area contributed by atoms with E-state index in [4.69, 9.17) is 4.74 Å². The number of rotatable bonds is 8. The predicted octanol–water partition coefficient (Wildman–Crippen LogP) is 4.49. The van der Waals surface area contributed by atoms with Crippen LogP contribution in [-0.2, 0) is 4.74 Å². The molecular weight excluding hydrogens is 314 g/mol. The molecule has 0 heterocycles. The SMILES string of the molecule is COC(C)(C)CCC(CNC1CC1)c1ccccc1Br. The van der Waals surface area contributed by atoms with Crippen molar-refractivity contribution >= 4 is 15.9 Å². The van der Waals surface area contributed by atoms with Crippen LogP contribution in [0.2, 0.25) is 0 Å². The minimum absolute atomic E-state index is 0.0426. The van der Waals surface area contributed by atoms with Crippen LogP contribution in [0.15, 0.2) is 28.7 Å². The van der Waals surface area contributed by atoms with Crippen LogP contribution in [0, 0.1) is 0 Å². The van der Waals surface area contributed by atoms with Crippen molar-refractivity contribution in [3.63, 3.8) is 0 Å². The summed E-state index contributed by atoms with van der Waals surface area (Å²) in [4.78, 5) is 0. The third kappa shape index (κ3) is 4.87. The first-order valence-electron chi connectivity index (χ1n) is 7.55. The van der Waals surface area contributed by atoms with E-state index < -0.39 is 0 Å². The fraction of sp³-hybridized carbons (Fsp3) is 0.647. The second kappa shape index (κ2) is 7.06. The van der Waals surface area contributed by atoms with Crippen molar-refractivity contribution in [2.24, 2.45) is 0 Å². The Balaban J connectivity index is 2.01. The molecule has 1 aliphatic rings. The summed E-state index contributed by atoms with van der Waals surface area (Å²) in [5.41, 5.74) is 1.37. The molecule has 0 aliphatic heterocycles. The lowest BCUT2D eigenvalue weighted by atomic mass is 9.89.